The Labute approximate surface area is 103 Å². The molecule has 2 rings (SSSR count). The van der Waals surface area contributed by atoms with E-state index < -0.39 is 4.92 Å². The van der Waals surface area contributed by atoms with Gasteiger partial charge < -0.3 is 10.3 Å². The Kier molecular flexibility index (Phi) is 3.52. The Bertz CT molecular complexity index is 538. The average molecular weight is 247 g/mol. The number of nitrogens with one attached hydrogen (secondary N) is 2. The Balaban J connectivity index is 2.02. The first-order valence-electron chi connectivity index (χ1n) is 5.50. The number of hydrogen-bond donors (Lipinski definition) is 2. The van der Waals surface area contributed by atoms with Gasteiger partial charge in [-0.15, -0.1) is 0 Å². The molecule has 0 bridgehead atoms. The van der Waals surface area contributed by atoms with Crippen LogP contribution in [0.3, 0.4) is 0 Å². The molecule has 18 heavy (non-hydrogen) atoms. The summed E-state index contributed by atoms with van der Waals surface area (Å²) in [6.45, 7) is 2.30. The topological polar surface area (TPSA) is 96.7 Å². The van der Waals surface area contributed by atoms with Crippen LogP contribution in [-0.2, 0) is 6.42 Å². The number of anilines is 1. The average Bonchev–Trinajstić information content (AvgIpc) is 2.84. The molecule has 7 nitrogen and oxygen atoms in total. The zero-order valence-electron chi connectivity index (χ0n) is 9.88. The fourth-order valence-corrected chi connectivity index (χ4v) is 1.56. The molecule has 0 saturated carbocycles. The van der Waals surface area contributed by atoms with Crippen molar-refractivity contribution in [3.63, 3.8) is 0 Å². The van der Waals surface area contributed by atoms with Crippen molar-refractivity contribution in [2.75, 3.05) is 11.9 Å². The summed E-state index contributed by atoms with van der Waals surface area (Å²) in [5.41, 5.74) is 0.757. The number of pyridine rings is 1. The lowest BCUT2D eigenvalue weighted by Gasteiger charge is -2.05. The molecular formula is C11H13N5O2. The predicted octanol–water partition coefficient (Wildman–Crippen LogP) is 1.68. The molecule has 0 aliphatic rings. The smallest absolute Gasteiger partial charge is 0.311 e. The second-order valence-corrected chi connectivity index (χ2v) is 3.85. The summed E-state index contributed by atoms with van der Waals surface area (Å²) in [4.78, 5) is 21.5. The quantitative estimate of drug-likeness (QED) is 0.618. The Morgan fingerprint density at radius 2 is 2.33 bits per heavy atom. The van der Waals surface area contributed by atoms with Gasteiger partial charge in [0.05, 0.1) is 4.92 Å². The normalized spacial score (nSPS) is 10.3. The molecular weight excluding hydrogens is 234 g/mol. The van der Waals surface area contributed by atoms with Crippen LogP contribution in [0.4, 0.5) is 11.5 Å². The number of aryl methyl sites for hydroxylation is 1. The van der Waals surface area contributed by atoms with Crippen molar-refractivity contribution in [1.29, 1.82) is 0 Å². The summed E-state index contributed by atoms with van der Waals surface area (Å²) in [5.74, 6) is 1.12. The second-order valence-electron chi connectivity index (χ2n) is 3.85. The lowest BCUT2D eigenvalue weighted by atomic mass is 10.3. The van der Waals surface area contributed by atoms with E-state index >= 15 is 0 Å². The van der Waals surface area contributed by atoms with E-state index in [4.69, 9.17) is 0 Å². The monoisotopic (exact) mass is 247 g/mol. The number of aromatic amines is 1. The molecule has 0 aromatic carbocycles. The van der Waals surface area contributed by atoms with E-state index in [9.17, 15) is 10.1 Å². The van der Waals surface area contributed by atoms with Crippen LogP contribution in [0.2, 0.25) is 0 Å². The first-order valence-corrected chi connectivity index (χ1v) is 5.50. The van der Waals surface area contributed by atoms with E-state index in [1.165, 1.54) is 6.07 Å². The molecule has 0 unspecified atom stereocenters. The number of rotatable bonds is 5. The highest BCUT2D eigenvalue weighted by Crippen LogP contribution is 2.22. The first-order chi connectivity index (χ1) is 8.66. The largest absolute Gasteiger partial charge is 0.364 e. The van der Waals surface area contributed by atoms with Gasteiger partial charge in [0.25, 0.3) is 0 Å². The fraction of sp³-hybridized carbons (Fsp3) is 0.273. The standard InChI is InChI=1S/C11H13N5O2/c1-8-6-9(16(17)18)11(15-7-8)14-3-2-10-12-4-5-13-10/h4-7H,2-3H2,1H3,(H,12,13)(H,14,15). The third-order valence-electron chi connectivity index (χ3n) is 2.41. The van der Waals surface area contributed by atoms with Crippen molar-refractivity contribution in [2.45, 2.75) is 13.3 Å². The highest BCUT2D eigenvalue weighted by Gasteiger charge is 2.14. The summed E-state index contributed by atoms with van der Waals surface area (Å²) in [6.07, 6.45) is 5.66. The maximum absolute atomic E-state index is 10.9. The molecule has 2 aromatic heterocycles. The summed E-state index contributed by atoms with van der Waals surface area (Å²) < 4.78 is 0. The van der Waals surface area contributed by atoms with Crippen molar-refractivity contribution in [2.24, 2.45) is 0 Å². The van der Waals surface area contributed by atoms with Gasteiger partial charge in [0.2, 0.25) is 5.82 Å². The Morgan fingerprint density at radius 1 is 1.50 bits per heavy atom. The van der Waals surface area contributed by atoms with Crippen LogP contribution in [0.15, 0.2) is 24.7 Å². The van der Waals surface area contributed by atoms with Gasteiger partial charge in [-0.25, -0.2) is 9.97 Å². The van der Waals surface area contributed by atoms with Gasteiger partial charge >= 0.3 is 5.69 Å². The molecule has 0 saturated heterocycles. The maximum atomic E-state index is 10.9. The molecule has 2 heterocycles. The molecule has 0 radical (unpaired) electrons. The zero-order chi connectivity index (χ0) is 13.0. The van der Waals surface area contributed by atoms with Crippen molar-refractivity contribution >= 4 is 11.5 Å². The number of H-pyrrole nitrogens is 1. The SMILES string of the molecule is Cc1cnc(NCCc2ncc[nH]2)c([N+](=O)[O-])c1. The van der Waals surface area contributed by atoms with E-state index in [1.54, 1.807) is 25.5 Å². The predicted molar refractivity (Wildman–Crippen MR) is 66.4 cm³/mol. The van der Waals surface area contributed by atoms with Crippen LogP contribution < -0.4 is 5.32 Å². The summed E-state index contributed by atoms with van der Waals surface area (Å²) >= 11 is 0. The van der Waals surface area contributed by atoms with Gasteiger partial charge in [0, 0.05) is 37.6 Å². The fourth-order valence-electron chi connectivity index (χ4n) is 1.56. The lowest BCUT2D eigenvalue weighted by Crippen LogP contribution is -2.09. The first kappa shape index (κ1) is 12.0. The molecule has 7 heteroatoms. The lowest BCUT2D eigenvalue weighted by molar-refractivity contribution is -0.384. The molecule has 0 fully saturated rings. The van der Waals surface area contributed by atoms with Gasteiger partial charge in [-0.3, -0.25) is 10.1 Å². The Hall–Kier alpha value is -2.44. The van der Waals surface area contributed by atoms with Crippen LogP contribution in [-0.4, -0.2) is 26.4 Å². The molecule has 2 aromatic rings. The Morgan fingerprint density at radius 3 is 3.00 bits per heavy atom. The zero-order valence-corrected chi connectivity index (χ0v) is 9.88. The molecule has 0 aliphatic heterocycles. The molecule has 0 aliphatic carbocycles. The van der Waals surface area contributed by atoms with Crippen LogP contribution in [0, 0.1) is 17.0 Å². The van der Waals surface area contributed by atoms with Crippen LogP contribution in [0.1, 0.15) is 11.4 Å². The van der Waals surface area contributed by atoms with Gasteiger partial charge in [-0.1, -0.05) is 0 Å². The van der Waals surface area contributed by atoms with Gasteiger partial charge in [0.15, 0.2) is 0 Å². The van der Waals surface area contributed by atoms with E-state index in [2.05, 4.69) is 20.3 Å². The molecule has 2 N–H and O–H groups in total. The minimum absolute atomic E-state index is 0.00514. The minimum atomic E-state index is -0.435. The van der Waals surface area contributed by atoms with Crippen molar-refractivity contribution in [1.82, 2.24) is 15.0 Å². The van der Waals surface area contributed by atoms with Crippen molar-refractivity contribution < 1.29 is 4.92 Å². The molecule has 0 amide bonds. The van der Waals surface area contributed by atoms with Crippen molar-refractivity contribution in [3.05, 3.63) is 46.2 Å². The van der Waals surface area contributed by atoms with Crippen LogP contribution in [0.5, 0.6) is 0 Å². The highest BCUT2D eigenvalue weighted by atomic mass is 16.6. The molecule has 0 atom stereocenters. The number of hydrogen-bond acceptors (Lipinski definition) is 5. The van der Waals surface area contributed by atoms with E-state index in [-0.39, 0.29) is 11.5 Å². The number of nitrogens with zero attached hydrogens (tertiary/aromatic N) is 3. The summed E-state index contributed by atoms with van der Waals surface area (Å²) in [6, 6.07) is 1.50. The van der Waals surface area contributed by atoms with E-state index in [0.717, 1.165) is 11.4 Å². The van der Waals surface area contributed by atoms with Gasteiger partial charge in [0.1, 0.15) is 5.82 Å². The molecule has 94 valence electrons. The third-order valence-corrected chi connectivity index (χ3v) is 2.41. The van der Waals surface area contributed by atoms with Gasteiger partial charge in [-0.05, 0) is 12.5 Å². The van der Waals surface area contributed by atoms with Gasteiger partial charge in [-0.2, -0.15) is 0 Å². The number of nitro groups is 1. The highest BCUT2D eigenvalue weighted by molar-refractivity contribution is 5.56. The number of aromatic nitrogens is 3. The van der Waals surface area contributed by atoms with E-state index in [1.807, 2.05) is 0 Å². The van der Waals surface area contributed by atoms with Crippen molar-refractivity contribution in [3.8, 4) is 0 Å². The summed E-state index contributed by atoms with van der Waals surface area (Å²) in [7, 11) is 0. The summed E-state index contributed by atoms with van der Waals surface area (Å²) in [5, 5.41) is 13.8. The number of imidazole rings is 1. The maximum Gasteiger partial charge on any atom is 0.311 e. The van der Waals surface area contributed by atoms with Crippen LogP contribution >= 0.6 is 0 Å². The van der Waals surface area contributed by atoms with Crippen LogP contribution in [0.25, 0.3) is 0 Å². The second kappa shape index (κ2) is 5.26. The van der Waals surface area contributed by atoms with E-state index in [0.29, 0.717) is 13.0 Å². The minimum Gasteiger partial charge on any atom is -0.364 e. The molecule has 0 spiro atoms. The third kappa shape index (κ3) is 2.82.